The SMILES string of the molecule is Cn1cnc(Cn2c(N)nc3cc(I)ccc32)n1. The molecule has 0 bridgehead atoms. The monoisotopic (exact) mass is 354 g/mol. The molecule has 0 atom stereocenters. The molecule has 2 aromatic heterocycles. The van der Waals surface area contributed by atoms with Crippen molar-refractivity contribution in [3.8, 4) is 0 Å². The molecular weight excluding hydrogens is 343 g/mol. The van der Waals surface area contributed by atoms with Crippen molar-refractivity contribution in [3.05, 3.63) is 33.9 Å². The predicted octanol–water partition coefficient (Wildman–Crippen LogP) is 1.40. The smallest absolute Gasteiger partial charge is 0.201 e. The molecule has 3 rings (SSSR count). The third kappa shape index (κ3) is 1.94. The van der Waals surface area contributed by atoms with Crippen molar-refractivity contribution < 1.29 is 0 Å². The summed E-state index contributed by atoms with van der Waals surface area (Å²) in [5, 5.41) is 4.25. The number of fused-ring (bicyclic) bond motifs is 1. The third-order valence-corrected chi connectivity index (χ3v) is 3.36. The minimum absolute atomic E-state index is 0.486. The highest BCUT2D eigenvalue weighted by Crippen LogP contribution is 2.20. The van der Waals surface area contributed by atoms with Gasteiger partial charge in [0, 0.05) is 10.6 Å². The van der Waals surface area contributed by atoms with Crippen LogP contribution in [0.25, 0.3) is 11.0 Å². The fourth-order valence-corrected chi connectivity index (χ4v) is 2.36. The zero-order valence-electron chi connectivity index (χ0n) is 9.71. The van der Waals surface area contributed by atoms with Crippen LogP contribution in [0.2, 0.25) is 0 Å². The number of aromatic nitrogens is 5. The minimum Gasteiger partial charge on any atom is -0.369 e. The van der Waals surface area contributed by atoms with Gasteiger partial charge in [0.2, 0.25) is 5.95 Å². The zero-order valence-corrected chi connectivity index (χ0v) is 11.9. The van der Waals surface area contributed by atoms with Crippen LogP contribution in [0, 0.1) is 3.57 Å². The first-order chi connectivity index (χ1) is 8.63. The van der Waals surface area contributed by atoms with Crippen LogP contribution >= 0.6 is 22.6 Å². The molecule has 0 fully saturated rings. The first-order valence-electron chi connectivity index (χ1n) is 5.39. The number of hydrogen-bond donors (Lipinski definition) is 1. The molecule has 0 radical (unpaired) electrons. The molecule has 18 heavy (non-hydrogen) atoms. The van der Waals surface area contributed by atoms with Gasteiger partial charge in [0.1, 0.15) is 6.33 Å². The molecule has 0 aliphatic heterocycles. The van der Waals surface area contributed by atoms with Gasteiger partial charge in [0.15, 0.2) is 5.82 Å². The molecule has 6 nitrogen and oxygen atoms in total. The van der Waals surface area contributed by atoms with Gasteiger partial charge >= 0.3 is 0 Å². The van der Waals surface area contributed by atoms with Crippen molar-refractivity contribution in [1.29, 1.82) is 0 Å². The van der Waals surface area contributed by atoms with Crippen LogP contribution in [0.3, 0.4) is 0 Å². The quantitative estimate of drug-likeness (QED) is 0.706. The molecule has 92 valence electrons. The van der Waals surface area contributed by atoms with Crippen molar-refractivity contribution in [2.45, 2.75) is 6.54 Å². The summed E-state index contributed by atoms with van der Waals surface area (Å²) in [7, 11) is 1.84. The number of hydrogen-bond acceptors (Lipinski definition) is 4. The van der Waals surface area contributed by atoms with Crippen LogP contribution in [0.5, 0.6) is 0 Å². The van der Waals surface area contributed by atoms with E-state index in [2.05, 4.69) is 37.7 Å². The number of nitrogens with two attached hydrogens (primary N) is 1. The van der Waals surface area contributed by atoms with Gasteiger partial charge in [-0.25, -0.2) is 9.97 Å². The molecule has 0 saturated heterocycles. The van der Waals surface area contributed by atoms with Crippen molar-refractivity contribution >= 4 is 39.6 Å². The molecule has 2 N–H and O–H groups in total. The number of anilines is 1. The van der Waals surface area contributed by atoms with Crippen LogP contribution < -0.4 is 5.73 Å². The van der Waals surface area contributed by atoms with E-state index in [0.717, 1.165) is 20.4 Å². The van der Waals surface area contributed by atoms with Gasteiger partial charge in [-0.15, -0.1) is 0 Å². The van der Waals surface area contributed by atoms with Gasteiger partial charge in [-0.2, -0.15) is 5.10 Å². The number of nitrogen functional groups attached to an aromatic ring is 1. The zero-order chi connectivity index (χ0) is 12.7. The number of imidazole rings is 1. The first kappa shape index (κ1) is 11.5. The summed E-state index contributed by atoms with van der Waals surface area (Å²) >= 11 is 2.26. The lowest BCUT2D eigenvalue weighted by molar-refractivity contribution is 0.715. The Morgan fingerprint density at radius 2 is 2.22 bits per heavy atom. The number of aryl methyl sites for hydroxylation is 1. The second kappa shape index (κ2) is 4.23. The predicted molar refractivity (Wildman–Crippen MR) is 77.0 cm³/mol. The molecule has 2 heterocycles. The highest BCUT2D eigenvalue weighted by molar-refractivity contribution is 14.1. The number of rotatable bonds is 2. The van der Waals surface area contributed by atoms with Crippen LogP contribution in [-0.2, 0) is 13.6 Å². The van der Waals surface area contributed by atoms with Gasteiger partial charge < -0.3 is 10.3 Å². The molecule has 0 amide bonds. The van der Waals surface area contributed by atoms with E-state index in [1.54, 1.807) is 11.0 Å². The topological polar surface area (TPSA) is 74.5 Å². The van der Waals surface area contributed by atoms with E-state index in [0.29, 0.717) is 12.5 Å². The highest BCUT2D eigenvalue weighted by Gasteiger charge is 2.10. The van der Waals surface area contributed by atoms with Crippen molar-refractivity contribution in [2.75, 3.05) is 5.73 Å². The summed E-state index contributed by atoms with van der Waals surface area (Å²) < 4.78 is 4.73. The van der Waals surface area contributed by atoms with Gasteiger partial charge in [-0.1, -0.05) is 0 Å². The lowest BCUT2D eigenvalue weighted by Crippen LogP contribution is -2.06. The lowest BCUT2D eigenvalue weighted by atomic mass is 10.3. The number of halogens is 1. The van der Waals surface area contributed by atoms with Gasteiger partial charge in [-0.05, 0) is 40.8 Å². The minimum atomic E-state index is 0.486. The summed E-state index contributed by atoms with van der Waals surface area (Å²) in [4.78, 5) is 8.55. The Morgan fingerprint density at radius 3 is 2.94 bits per heavy atom. The van der Waals surface area contributed by atoms with E-state index < -0.39 is 0 Å². The Bertz CT molecular complexity index is 713. The van der Waals surface area contributed by atoms with Crippen molar-refractivity contribution in [3.63, 3.8) is 0 Å². The summed E-state index contributed by atoms with van der Waals surface area (Å²) in [5.74, 6) is 1.21. The van der Waals surface area contributed by atoms with E-state index in [9.17, 15) is 0 Å². The van der Waals surface area contributed by atoms with Crippen LogP contribution in [0.1, 0.15) is 5.82 Å². The van der Waals surface area contributed by atoms with Crippen LogP contribution in [-0.4, -0.2) is 24.3 Å². The van der Waals surface area contributed by atoms with E-state index in [-0.39, 0.29) is 0 Å². The van der Waals surface area contributed by atoms with Crippen molar-refractivity contribution in [2.24, 2.45) is 7.05 Å². The van der Waals surface area contributed by atoms with E-state index in [1.165, 1.54) is 0 Å². The largest absolute Gasteiger partial charge is 0.369 e. The van der Waals surface area contributed by atoms with Gasteiger partial charge in [-0.3, -0.25) is 4.68 Å². The molecule has 1 aromatic carbocycles. The maximum atomic E-state index is 5.95. The average molecular weight is 354 g/mol. The summed E-state index contributed by atoms with van der Waals surface area (Å²) in [5.41, 5.74) is 7.84. The summed E-state index contributed by atoms with van der Waals surface area (Å²) in [6.45, 7) is 0.532. The van der Waals surface area contributed by atoms with E-state index in [4.69, 9.17) is 5.73 Å². The Morgan fingerprint density at radius 1 is 1.39 bits per heavy atom. The second-order valence-electron chi connectivity index (χ2n) is 4.02. The van der Waals surface area contributed by atoms with Crippen molar-refractivity contribution in [1.82, 2.24) is 24.3 Å². The van der Waals surface area contributed by atoms with Crippen LogP contribution in [0.15, 0.2) is 24.5 Å². The van der Waals surface area contributed by atoms with Gasteiger partial charge in [0.05, 0.1) is 17.6 Å². The van der Waals surface area contributed by atoms with E-state index >= 15 is 0 Å². The van der Waals surface area contributed by atoms with Gasteiger partial charge in [0.25, 0.3) is 0 Å². The molecule has 0 aliphatic rings. The highest BCUT2D eigenvalue weighted by atomic mass is 127. The van der Waals surface area contributed by atoms with Crippen LogP contribution in [0.4, 0.5) is 5.95 Å². The molecule has 3 aromatic rings. The maximum absolute atomic E-state index is 5.95. The summed E-state index contributed by atoms with van der Waals surface area (Å²) in [6, 6.07) is 6.06. The van der Waals surface area contributed by atoms with E-state index in [1.807, 2.05) is 29.8 Å². The standard InChI is InChI=1S/C11H11IN6/c1-17-6-14-10(16-17)5-18-9-3-2-7(12)4-8(9)15-11(18)13/h2-4,6H,5H2,1H3,(H2,13,15). The molecule has 0 unspecified atom stereocenters. The molecule has 7 heteroatoms. The Labute approximate surface area is 117 Å². The maximum Gasteiger partial charge on any atom is 0.201 e. The first-order valence-corrected chi connectivity index (χ1v) is 6.47. The third-order valence-electron chi connectivity index (χ3n) is 2.69. The normalized spacial score (nSPS) is 11.2. The molecule has 0 spiro atoms. The average Bonchev–Trinajstić information content (AvgIpc) is 2.84. The number of benzene rings is 1. The Balaban J connectivity index is 2.08. The molecule has 0 aliphatic carbocycles. The Hall–Kier alpha value is -1.64. The fourth-order valence-electron chi connectivity index (χ4n) is 1.89. The second-order valence-corrected chi connectivity index (χ2v) is 5.27. The Kier molecular flexibility index (Phi) is 2.69. The molecular formula is C11H11IN6. The lowest BCUT2D eigenvalue weighted by Gasteiger charge is -2.02. The number of nitrogens with zero attached hydrogens (tertiary/aromatic N) is 5. The fraction of sp³-hybridized carbons (Fsp3) is 0.182. The summed E-state index contributed by atoms with van der Waals surface area (Å²) in [6.07, 6.45) is 1.67. The molecule has 0 saturated carbocycles.